The third kappa shape index (κ3) is 9.26. The van der Waals surface area contributed by atoms with E-state index in [-0.39, 0.29) is 24.1 Å². The Morgan fingerprint density at radius 2 is 1.51 bits per heavy atom. The van der Waals surface area contributed by atoms with Crippen molar-refractivity contribution in [2.45, 2.75) is 51.1 Å². The summed E-state index contributed by atoms with van der Waals surface area (Å²) in [6.45, 7) is 6.03. The van der Waals surface area contributed by atoms with Gasteiger partial charge in [0.2, 0.25) is 11.8 Å². The highest BCUT2D eigenvalue weighted by Gasteiger charge is 2.32. The zero-order chi connectivity index (χ0) is 27.0. The Morgan fingerprint density at radius 3 is 2.14 bits per heavy atom. The fraction of sp³-hybridized carbons (Fsp3) is 0.310. The van der Waals surface area contributed by atoms with Crippen LogP contribution in [0.1, 0.15) is 37.5 Å². The van der Waals surface area contributed by atoms with E-state index in [4.69, 9.17) is 34.8 Å². The van der Waals surface area contributed by atoms with E-state index in [0.717, 1.165) is 16.7 Å². The van der Waals surface area contributed by atoms with Crippen LogP contribution in [-0.4, -0.2) is 34.0 Å². The van der Waals surface area contributed by atoms with Gasteiger partial charge in [-0.25, -0.2) is 0 Å². The van der Waals surface area contributed by atoms with Crippen molar-refractivity contribution >= 4 is 58.4 Å². The molecule has 0 aromatic heterocycles. The quantitative estimate of drug-likeness (QED) is 0.272. The van der Waals surface area contributed by atoms with Crippen molar-refractivity contribution in [1.82, 2.24) is 10.2 Å². The Balaban J connectivity index is 1.89. The van der Waals surface area contributed by atoms with Crippen molar-refractivity contribution in [3.05, 3.63) is 105 Å². The fourth-order valence-electron chi connectivity index (χ4n) is 3.83. The molecule has 1 N–H and O–H groups in total. The predicted octanol–water partition coefficient (Wildman–Crippen LogP) is 7.43. The normalized spacial score (nSPS) is 12.2. The van der Waals surface area contributed by atoms with Crippen LogP contribution < -0.4 is 5.32 Å². The highest BCUT2D eigenvalue weighted by Crippen LogP contribution is 2.29. The molecule has 0 fully saturated rings. The number of nitrogens with zero attached hydrogens (tertiary/aromatic N) is 1. The lowest BCUT2D eigenvalue weighted by atomic mass is 10.0. The van der Waals surface area contributed by atoms with E-state index in [1.807, 2.05) is 69.3 Å². The molecule has 0 aliphatic rings. The molecule has 4 nitrogen and oxygen atoms in total. The van der Waals surface area contributed by atoms with E-state index in [1.54, 1.807) is 29.2 Å². The molecule has 3 aromatic carbocycles. The first-order chi connectivity index (χ1) is 17.5. The maximum atomic E-state index is 13.7. The van der Waals surface area contributed by atoms with Crippen LogP contribution in [0.2, 0.25) is 15.1 Å². The monoisotopic (exact) mass is 576 g/mol. The second-order valence-corrected chi connectivity index (χ2v) is 12.0. The summed E-state index contributed by atoms with van der Waals surface area (Å²) < 4.78 is 0. The van der Waals surface area contributed by atoms with Gasteiger partial charge in [0.1, 0.15) is 6.04 Å². The molecule has 0 aliphatic heterocycles. The molecule has 1 unspecified atom stereocenters. The first-order valence-electron chi connectivity index (χ1n) is 11.9. The zero-order valence-electron chi connectivity index (χ0n) is 21.1. The van der Waals surface area contributed by atoms with Crippen molar-refractivity contribution in [2.24, 2.45) is 0 Å². The lowest BCUT2D eigenvalue weighted by Gasteiger charge is -2.34. The van der Waals surface area contributed by atoms with E-state index < -0.39 is 11.6 Å². The molecule has 8 heteroatoms. The van der Waals surface area contributed by atoms with Crippen LogP contribution in [0.3, 0.4) is 0 Å². The van der Waals surface area contributed by atoms with E-state index in [9.17, 15) is 9.59 Å². The third-order valence-electron chi connectivity index (χ3n) is 5.54. The van der Waals surface area contributed by atoms with Crippen LogP contribution in [0.25, 0.3) is 0 Å². The third-order valence-corrected chi connectivity index (χ3v) is 7.43. The van der Waals surface area contributed by atoms with E-state index in [2.05, 4.69) is 5.32 Å². The zero-order valence-corrected chi connectivity index (χ0v) is 24.2. The number of thioether (sulfide) groups is 1. The summed E-state index contributed by atoms with van der Waals surface area (Å²) in [5, 5.41) is 4.77. The van der Waals surface area contributed by atoms with E-state index in [0.29, 0.717) is 27.2 Å². The predicted molar refractivity (Wildman–Crippen MR) is 156 cm³/mol. The molecule has 1 atom stereocenters. The van der Waals surface area contributed by atoms with Crippen molar-refractivity contribution in [3.63, 3.8) is 0 Å². The minimum atomic E-state index is -0.711. The largest absolute Gasteiger partial charge is 0.350 e. The van der Waals surface area contributed by atoms with Crippen molar-refractivity contribution in [3.8, 4) is 0 Å². The lowest BCUT2D eigenvalue weighted by Crippen LogP contribution is -2.54. The van der Waals surface area contributed by atoms with Gasteiger partial charge < -0.3 is 10.2 Å². The molecule has 0 heterocycles. The highest BCUT2D eigenvalue weighted by molar-refractivity contribution is 7.99. The van der Waals surface area contributed by atoms with Crippen LogP contribution in [0.4, 0.5) is 0 Å². The standard InChI is InChI=1S/C29H31Cl3N2O2S/c1-29(2,3)33-28(36)26(16-20-9-5-4-6-10-20)34(17-21-11-7-12-22(30)15-21)27(35)19-37-18-23-24(31)13-8-14-25(23)32/h4-15,26H,16-19H2,1-3H3,(H,33,36). The Kier molecular flexibility index (Phi) is 10.8. The summed E-state index contributed by atoms with van der Waals surface area (Å²) in [5.41, 5.74) is 2.15. The van der Waals surface area contributed by atoms with Gasteiger partial charge in [-0.1, -0.05) is 83.3 Å². The SMILES string of the molecule is CC(C)(C)NC(=O)C(Cc1ccccc1)N(Cc1cccc(Cl)c1)C(=O)CSCc1c(Cl)cccc1Cl. The van der Waals surface area contributed by atoms with Crippen molar-refractivity contribution in [1.29, 1.82) is 0 Å². The second-order valence-electron chi connectivity index (χ2n) is 9.79. The van der Waals surface area contributed by atoms with Gasteiger partial charge in [0.25, 0.3) is 0 Å². The minimum Gasteiger partial charge on any atom is -0.350 e. The van der Waals surface area contributed by atoms with Crippen LogP contribution in [-0.2, 0) is 28.3 Å². The number of amides is 2. The van der Waals surface area contributed by atoms with Gasteiger partial charge in [-0.3, -0.25) is 9.59 Å². The summed E-state index contributed by atoms with van der Waals surface area (Å²) in [6, 6.07) is 21.7. The number of halogens is 3. The van der Waals surface area contributed by atoms with Gasteiger partial charge in [-0.2, -0.15) is 0 Å². The summed E-state index contributed by atoms with van der Waals surface area (Å²) in [4.78, 5) is 29.0. The van der Waals surface area contributed by atoms with Crippen molar-refractivity contribution < 1.29 is 9.59 Å². The Bertz CT molecular complexity index is 1200. The van der Waals surface area contributed by atoms with E-state index in [1.165, 1.54) is 11.8 Å². The Morgan fingerprint density at radius 1 is 0.892 bits per heavy atom. The number of hydrogen-bond acceptors (Lipinski definition) is 3. The molecule has 0 saturated heterocycles. The highest BCUT2D eigenvalue weighted by atomic mass is 35.5. The number of nitrogens with one attached hydrogen (secondary N) is 1. The average Bonchev–Trinajstić information content (AvgIpc) is 2.82. The topological polar surface area (TPSA) is 49.4 Å². The molecular formula is C29H31Cl3N2O2S. The van der Waals surface area contributed by atoms with Crippen LogP contribution in [0.5, 0.6) is 0 Å². The second kappa shape index (κ2) is 13.6. The smallest absolute Gasteiger partial charge is 0.243 e. The Labute approximate surface area is 238 Å². The summed E-state index contributed by atoms with van der Waals surface area (Å²) in [7, 11) is 0. The summed E-state index contributed by atoms with van der Waals surface area (Å²) in [5.74, 6) is 0.284. The van der Waals surface area contributed by atoms with Crippen LogP contribution >= 0.6 is 46.6 Å². The average molecular weight is 578 g/mol. The minimum absolute atomic E-state index is 0.154. The van der Waals surface area contributed by atoms with Crippen LogP contribution in [0, 0.1) is 0 Å². The van der Waals surface area contributed by atoms with Gasteiger partial charge >= 0.3 is 0 Å². The summed E-state index contributed by atoms with van der Waals surface area (Å²) >= 11 is 20.3. The van der Waals surface area contributed by atoms with Gasteiger partial charge in [-0.15, -0.1) is 11.8 Å². The number of benzene rings is 3. The maximum absolute atomic E-state index is 13.7. The molecule has 0 spiro atoms. The van der Waals surface area contributed by atoms with Gasteiger partial charge in [0, 0.05) is 39.3 Å². The Hall–Kier alpha value is -2.18. The molecule has 37 heavy (non-hydrogen) atoms. The number of hydrogen-bond donors (Lipinski definition) is 1. The molecule has 3 aromatic rings. The number of carbonyl (C=O) groups excluding carboxylic acids is 2. The van der Waals surface area contributed by atoms with E-state index >= 15 is 0 Å². The lowest BCUT2D eigenvalue weighted by molar-refractivity contribution is -0.140. The number of carbonyl (C=O) groups is 2. The molecule has 0 bridgehead atoms. The van der Waals surface area contributed by atoms with Gasteiger partial charge in [0.15, 0.2) is 0 Å². The van der Waals surface area contributed by atoms with Crippen LogP contribution in [0.15, 0.2) is 72.8 Å². The van der Waals surface area contributed by atoms with Gasteiger partial charge in [0.05, 0.1) is 5.75 Å². The molecular weight excluding hydrogens is 547 g/mol. The number of rotatable bonds is 10. The van der Waals surface area contributed by atoms with Crippen molar-refractivity contribution in [2.75, 3.05) is 5.75 Å². The molecule has 0 aliphatic carbocycles. The molecule has 0 radical (unpaired) electrons. The molecule has 2 amide bonds. The first kappa shape index (κ1) is 29.4. The fourth-order valence-corrected chi connectivity index (χ4v) is 5.69. The molecule has 0 saturated carbocycles. The molecule has 196 valence electrons. The summed E-state index contributed by atoms with van der Waals surface area (Å²) in [6.07, 6.45) is 0.385. The van der Waals surface area contributed by atoms with Gasteiger partial charge in [-0.05, 0) is 61.7 Å². The first-order valence-corrected chi connectivity index (χ1v) is 14.2. The molecule has 3 rings (SSSR count). The maximum Gasteiger partial charge on any atom is 0.243 e.